The van der Waals surface area contributed by atoms with Crippen LogP contribution in [0.15, 0.2) is 65.1 Å². The number of fused-ring (bicyclic) bond motifs is 1. The molecule has 0 aromatic heterocycles. The second kappa shape index (κ2) is 10.1. The lowest BCUT2D eigenvalue weighted by Gasteiger charge is -2.11. The fourth-order valence-corrected chi connectivity index (χ4v) is 3.57. The van der Waals surface area contributed by atoms with Crippen LogP contribution in [0.25, 0.3) is 10.8 Å². The molecule has 5 heteroatoms. The lowest BCUT2D eigenvalue weighted by Crippen LogP contribution is -2.30. The lowest BCUT2D eigenvalue weighted by atomic mass is 10.1. The van der Waals surface area contributed by atoms with Crippen LogP contribution in [0.2, 0.25) is 0 Å². The molecule has 4 nitrogen and oxygen atoms in total. The topological polar surface area (TPSA) is 47.6 Å². The van der Waals surface area contributed by atoms with E-state index >= 15 is 0 Å². The molecule has 146 valence electrons. The molecule has 3 aromatic rings. The largest absolute Gasteiger partial charge is 0.494 e. The Kier molecular flexibility index (Phi) is 7.31. The zero-order chi connectivity index (χ0) is 19.8. The van der Waals surface area contributed by atoms with Crippen molar-refractivity contribution in [1.29, 1.82) is 0 Å². The Morgan fingerprint density at radius 3 is 2.57 bits per heavy atom. The summed E-state index contributed by atoms with van der Waals surface area (Å²) in [6.07, 6.45) is 1.78. The van der Waals surface area contributed by atoms with E-state index in [9.17, 15) is 4.79 Å². The molecule has 3 aromatic carbocycles. The summed E-state index contributed by atoms with van der Waals surface area (Å²) in [5.74, 6) is 1.44. The van der Waals surface area contributed by atoms with Gasteiger partial charge in [0, 0.05) is 6.54 Å². The summed E-state index contributed by atoms with van der Waals surface area (Å²) in [7, 11) is 0. The van der Waals surface area contributed by atoms with Crippen LogP contribution in [0.5, 0.6) is 11.5 Å². The van der Waals surface area contributed by atoms with Crippen molar-refractivity contribution in [3.05, 3.63) is 70.7 Å². The van der Waals surface area contributed by atoms with Crippen molar-refractivity contribution in [2.24, 2.45) is 0 Å². The molecule has 3 rings (SSSR count). The number of benzene rings is 3. The minimum Gasteiger partial charge on any atom is -0.494 e. The van der Waals surface area contributed by atoms with Crippen molar-refractivity contribution >= 4 is 32.6 Å². The number of carbonyl (C=O) groups excluding carboxylic acids is 1. The summed E-state index contributed by atoms with van der Waals surface area (Å²) in [6.45, 7) is 3.26. The number of halogens is 1. The maximum absolute atomic E-state index is 12.1. The average molecular weight is 442 g/mol. The van der Waals surface area contributed by atoms with E-state index in [0.29, 0.717) is 18.9 Å². The quantitative estimate of drug-likeness (QED) is 0.468. The van der Waals surface area contributed by atoms with E-state index in [4.69, 9.17) is 9.47 Å². The molecular weight excluding hydrogens is 418 g/mol. The summed E-state index contributed by atoms with van der Waals surface area (Å²) >= 11 is 3.57. The smallest absolute Gasteiger partial charge is 0.257 e. The van der Waals surface area contributed by atoms with Crippen LogP contribution in [0.1, 0.15) is 18.9 Å². The number of carbonyl (C=O) groups is 1. The zero-order valence-corrected chi connectivity index (χ0v) is 17.5. The van der Waals surface area contributed by atoms with Crippen molar-refractivity contribution in [2.75, 3.05) is 19.8 Å². The first-order chi connectivity index (χ1) is 13.7. The predicted molar refractivity (Wildman–Crippen MR) is 116 cm³/mol. The molecule has 0 spiro atoms. The highest BCUT2D eigenvalue weighted by molar-refractivity contribution is 9.10. The van der Waals surface area contributed by atoms with Crippen molar-refractivity contribution in [1.82, 2.24) is 5.32 Å². The van der Waals surface area contributed by atoms with Crippen LogP contribution in [-0.2, 0) is 11.2 Å². The number of aryl methyl sites for hydroxylation is 1. The van der Waals surface area contributed by atoms with Gasteiger partial charge in [0.25, 0.3) is 5.91 Å². The van der Waals surface area contributed by atoms with E-state index in [0.717, 1.165) is 33.8 Å². The molecule has 0 saturated carbocycles. The Balaban J connectivity index is 1.41. The molecule has 0 aliphatic carbocycles. The zero-order valence-electron chi connectivity index (χ0n) is 15.9. The first-order valence-corrected chi connectivity index (χ1v) is 10.2. The molecule has 0 heterocycles. The monoisotopic (exact) mass is 441 g/mol. The molecule has 0 atom stereocenters. The first kappa shape index (κ1) is 20.2. The van der Waals surface area contributed by atoms with Gasteiger partial charge in [-0.2, -0.15) is 0 Å². The third-order valence-electron chi connectivity index (χ3n) is 4.39. The van der Waals surface area contributed by atoms with Crippen molar-refractivity contribution < 1.29 is 14.3 Å². The van der Waals surface area contributed by atoms with Gasteiger partial charge in [-0.15, -0.1) is 0 Å². The molecule has 0 saturated heterocycles. The second-order valence-electron chi connectivity index (χ2n) is 6.42. The lowest BCUT2D eigenvalue weighted by molar-refractivity contribution is -0.123. The molecule has 0 fully saturated rings. The van der Waals surface area contributed by atoms with E-state index in [1.807, 2.05) is 55.5 Å². The van der Waals surface area contributed by atoms with Gasteiger partial charge in [-0.05, 0) is 70.2 Å². The van der Waals surface area contributed by atoms with Gasteiger partial charge in [0.15, 0.2) is 6.61 Å². The van der Waals surface area contributed by atoms with E-state index in [2.05, 4.69) is 33.4 Å². The average Bonchev–Trinajstić information content (AvgIpc) is 2.72. The van der Waals surface area contributed by atoms with Gasteiger partial charge in [-0.1, -0.05) is 42.5 Å². The molecule has 0 unspecified atom stereocenters. The van der Waals surface area contributed by atoms with Gasteiger partial charge in [0.1, 0.15) is 11.5 Å². The fourth-order valence-electron chi connectivity index (χ4n) is 2.96. The predicted octanol–water partition coefficient (Wildman–Crippen LogP) is 5.13. The number of amides is 1. The Morgan fingerprint density at radius 1 is 1.00 bits per heavy atom. The van der Waals surface area contributed by atoms with Crippen molar-refractivity contribution in [3.8, 4) is 11.5 Å². The molecule has 0 aliphatic heterocycles. The number of ether oxygens (including phenoxy) is 2. The van der Waals surface area contributed by atoms with Crippen LogP contribution in [-0.4, -0.2) is 25.7 Å². The van der Waals surface area contributed by atoms with Gasteiger partial charge < -0.3 is 14.8 Å². The van der Waals surface area contributed by atoms with Crippen LogP contribution >= 0.6 is 15.9 Å². The highest BCUT2D eigenvalue weighted by atomic mass is 79.9. The summed E-state index contributed by atoms with van der Waals surface area (Å²) in [6, 6.07) is 20.0. The second-order valence-corrected chi connectivity index (χ2v) is 7.21. The first-order valence-electron chi connectivity index (χ1n) is 9.46. The number of hydrogen-bond donors (Lipinski definition) is 1. The van der Waals surface area contributed by atoms with Gasteiger partial charge in [0.05, 0.1) is 11.1 Å². The summed E-state index contributed by atoms with van der Waals surface area (Å²) in [4.78, 5) is 12.1. The summed E-state index contributed by atoms with van der Waals surface area (Å²) < 4.78 is 12.0. The maximum atomic E-state index is 12.1. The normalized spacial score (nSPS) is 10.6. The third-order valence-corrected chi connectivity index (χ3v) is 5.20. The Hall–Kier alpha value is -2.53. The number of rotatable bonds is 9. The molecular formula is C23H24BrNO3. The Bertz CT molecular complexity index is 925. The summed E-state index contributed by atoms with van der Waals surface area (Å²) in [5.41, 5.74) is 1.23. The maximum Gasteiger partial charge on any atom is 0.257 e. The minimum absolute atomic E-state index is 0.00000613. The fraction of sp³-hybridized carbons (Fsp3) is 0.261. The van der Waals surface area contributed by atoms with Crippen LogP contribution in [0.4, 0.5) is 0 Å². The molecule has 0 bridgehead atoms. The highest BCUT2D eigenvalue weighted by Crippen LogP contribution is 2.32. The Labute approximate surface area is 174 Å². The summed E-state index contributed by atoms with van der Waals surface area (Å²) in [5, 5.41) is 5.10. The SMILES string of the molecule is CCOc1ccc(CCCNC(=O)COc2ccc3ccccc3c2Br)cc1. The van der Waals surface area contributed by atoms with Crippen molar-refractivity contribution in [3.63, 3.8) is 0 Å². The van der Waals surface area contributed by atoms with E-state index < -0.39 is 0 Å². The standard InChI is InChI=1S/C23H24BrNO3/c1-2-27-19-12-9-17(10-13-19)6-5-15-25-22(26)16-28-21-14-11-18-7-3-4-8-20(18)23(21)24/h3-4,7-14H,2,5-6,15-16H2,1H3,(H,25,26). The molecule has 1 N–H and O–H groups in total. The van der Waals surface area contributed by atoms with Gasteiger partial charge in [-0.3, -0.25) is 4.79 Å². The molecule has 1 amide bonds. The number of hydrogen-bond acceptors (Lipinski definition) is 3. The van der Waals surface area contributed by atoms with Crippen LogP contribution < -0.4 is 14.8 Å². The molecule has 0 radical (unpaired) electrons. The van der Waals surface area contributed by atoms with Gasteiger partial charge in [-0.25, -0.2) is 0 Å². The van der Waals surface area contributed by atoms with E-state index in [1.54, 1.807) is 0 Å². The van der Waals surface area contributed by atoms with E-state index in [-0.39, 0.29) is 12.5 Å². The molecule has 28 heavy (non-hydrogen) atoms. The molecule has 0 aliphatic rings. The van der Waals surface area contributed by atoms with Gasteiger partial charge >= 0.3 is 0 Å². The van der Waals surface area contributed by atoms with Crippen LogP contribution in [0.3, 0.4) is 0 Å². The minimum atomic E-state index is -0.119. The van der Waals surface area contributed by atoms with Gasteiger partial charge in [0.2, 0.25) is 0 Å². The van der Waals surface area contributed by atoms with Crippen LogP contribution in [0, 0.1) is 0 Å². The number of nitrogens with one attached hydrogen (secondary N) is 1. The Morgan fingerprint density at radius 2 is 1.79 bits per heavy atom. The van der Waals surface area contributed by atoms with Crippen molar-refractivity contribution in [2.45, 2.75) is 19.8 Å². The van der Waals surface area contributed by atoms with E-state index in [1.165, 1.54) is 5.56 Å². The highest BCUT2D eigenvalue weighted by Gasteiger charge is 2.08. The third kappa shape index (κ3) is 5.49.